The molecule has 0 saturated carbocycles. The van der Waals surface area contributed by atoms with Crippen LogP contribution in [0.2, 0.25) is 0 Å². The molecule has 0 bridgehead atoms. The predicted octanol–water partition coefficient (Wildman–Crippen LogP) is 4.09. The number of nitrogens with one attached hydrogen (secondary N) is 1. The van der Waals surface area contributed by atoms with Crippen molar-refractivity contribution >= 4 is 5.69 Å². The van der Waals surface area contributed by atoms with E-state index >= 15 is 0 Å². The number of likely N-dealkylation sites (N-methyl/N-ethyl adjacent to an activating group) is 2. The van der Waals surface area contributed by atoms with E-state index in [1.165, 1.54) is 22.4 Å². The molecule has 2 aromatic carbocycles. The molecule has 2 aromatic rings. The lowest BCUT2D eigenvalue weighted by Gasteiger charge is -2.27. The molecule has 0 fully saturated rings. The van der Waals surface area contributed by atoms with E-state index in [2.05, 4.69) is 86.6 Å². The van der Waals surface area contributed by atoms with Crippen molar-refractivity contribution in [3.8, 4) is 0 Å². The number of hydrogen-bond acceptors (Lipinski definition) is 2. The fourth-order valence-electron chi connectivity index (χ4n) is 2.81. The van der Waals surface area contributed by atoms with Gasteiger partial charge in [0.25, 0.3) is 0 Å². The lowest BCUT2D eigenvalue weighted by atomic mass is 10.0. The summed E-state index contributed by atoms with van der Waals surface area (Å²) in [6.45, 7) is 8.43. The van der Waals surface area contributed by atoms with Crippen molar-refractivity contribution in [1.82, 2.24) is 5.32 Å². The molecule has 0 spiro atoms. The van der Waals surface area contributed by atoms with Crippen molar-refractivity contribution in [2.24, 2.45) is 0 Å². The van der Waals surface area contributed by atoms with Crippen LogP contribution < -0.4 is 10.2 Å². The standard InChI is InChI=1S/C19H26N2/c1-5-20-19(17-12-15(2)11-16(3)13-17)14-21(4)18-9-7-6-8-10-18/h6-13,19-20H,5,14H2,1-4H3. The van der Waals surface area contributed by atoms with Crippen LogP contribution in [0.3, 0.4) is 0 Å². The largest absolute Gasteiger partial charge is 0.373 e. The maximum absolute atomic E-state index is 3.61. The molecule has 112 valence electrons. The Kier molecular flexibility index (Phi) is 5.40. The van der Waals surface area contributed by atoms with E-state index in [0.29, 0.717) is 6.04 Å². The molecule has 1 N–H and O–H groups in total. The average Bonchev–Trinajstić information content (AvgIpc) is 2.46. The van der Waals surface area contributed by atoms with E-state index in [4.69, 9.17) is 0 Å². The van der Waals surface area contributed by atoms with Gasteiger partial charge in [0, 0.05) is 25.3 Å². The third kappa shape index (κ3) is 4.33. The Morgan fingerprint density at radius 2 is 1.62 bits per heavy atom. The van der Waals surface area contributed by atoms with Crippen LogP contribution in [0.25, 0.3) is 0 Å². The van der Waals surface area contributed by atoms with Gasteiger partial charge in [0.1, 0.15) is 0 Å². The number of nitrogens with zero attached hydrogens (tertiary/aromatic N) is 1. The molecule has 0 radical (unpaired) electrons. The van der Waals surface area contributed by atoms with Gasteiger partial charge in [-0.15, -0.1) is 0 Å². The Hall–Kier alpha value is -1.80. The highest BCUT2D eigenvalue weighted by Crippen LogP contribution is 2.20. The summed E-state index contributed by atoms with van der Waals surface area (Å²) in [5, 5.41) is 3.61. The Labute approximate surface area is 128 Å². The second-order valence-electron chi connectivity index (χ2n) is 5.75. The van der Waals surface area contributed by atoms with Gasteiger partial charge in [0.15, 0.2) is 0 Å². The maximum atomic E-state index is 3.61. The summed E-state index contributed by atoms with van der Waals surface area (Å²) in [6, 6.07) is 17.7. The summed E-state index contributed by atoms with van der Waals surface area (Å²) in [7, 11) is 2.16. The zero-order valence-electron chi connectivity index (χ0n) is 13.6. The van der Waals surface area contributed by atoms with Crippen LogP contribution in [0, 0.1) is 13.8 Å². The zero-order chi connectivity index (χ0) is 15.2. The molecule has 1 atom stereocenters. The van der Waals surface area contributed by atoms with Crippen molar-refractivity contribution < 1.29 is 0 Å². The van der Waals surface area contributed by atoms with Gasteiger partial charge in [-0.2, -0.15) is 0 Å². The van der Waals surface area contributed by atoms with Gasteiger partial charge in [-0.1, -0.05) is 54.4 Å². The van der Waals surface area contributed by atoms with E-state index in [1.807, 2.05) is 0 Å². The summed E-state index contributed by atoms with van der Waals surface area (Å²) in [4.78, 5) is 2.31. The van der Waals surface area contributed by atoms with Crippen molar-refractivity contribution in [1.29, 1.82) is 0 Å². The first-order valence-electron chi connectivity index (χ1n) is 7.68. The summed E-state index contributed by atoms with van der Waals surface area (Å²) in [6.07, 6.45) is 0. The van der Waals surface area contributed by atoms with Crippen LogP contribution in [-0.4, -0.2) is 20.1 Å². The molecule has 2 nitrogen and oxygen atoms in total. The summed E-state index contributed by atoms with van der Waals surface area (Å²) < 4.78 is 0. The smallest absolute Gasteiger partial charge is 0.0498 e. The number of para-hydroxylation sites is 1. The number of rotatable bonds is 6. The minimum atomic E-state index is 0.346. The van der Waals surface area contributed by atoms with E-state index < -0.39 is 0 Å². The third-order valence-electron chi connectivity index (χ3n) is 3.75. The summed E-state index contributed by atoms with van der Waals surface area (Å²) >= 11 is 0. The van der Waals surface area contributed by atoms with Gasteiger partial charge in [0.2, 0.25) is 0 Å². The second kappa shape index (κ2) is 7.28. The fraction of sp³-hybridized carbons (Fsp3) is 0.368. The van der Waals surface area contributed by atoms with Crippen LogP contribution in [0.15, 0.2) is 48.5 Å². The van der Waals surface area contributed by atoms with Crippen molar-refractivity contribution in [3.63, 3.8) is 0 Å². The first kappa shape index (κ1) is 15.6. The van der Waals surface area contributed by atoms with Crippen LogP contribution in [0.1, 0.15) is 29.7 Å². The van der Waals surface area contributed by atoms with Crippen LogP contribution in [0.4, 0.5) is 5.69 Å². The predicted molar refractivity (Wildman–Crippen MR) is 92.0 cm³/mol. The molecule has 0 aromatic heterocycles. The highest BCUT2D eigenvalue weighted by molar-refractivity contribution is 5.45. The third-order valence-corrected chi connectivity index (χ3v) is 3.75. The molecule has 2 heteroatoms. The number of aryl methyl sites for hydroxylation is 2. The molecule has 0 amide bonds. The molecule has 0 saturated heterocycles. The normalized spacial score (nSPS) is 12.2. The Bertz CT molecular complexity index is 543. The zero-order valence-corrected chi connectivity index (χ0v) is 13.6. The molecule has 0 aliphatic rings. The average molecular weight is 282 g/mol. The first-order valence-corrected chi connectivity index (χ1v) is 7.68. The van der Waals surface area contributed by atoms with Crippen molar-refractivity contribution in [3.05, 3.63) is 65.2 Å². The molecule has 21 heavy (non-hydrogen) atoms. The fourth-order valence-corrected chi connectivity index (χ4v) is 2.81. The quantitative estimate of drug-likeness (QED) is 0.858. The van der Waals surface area contributed by atoms with Gasteiger partial charge in [-0.3, -0.25) is 0 Å². The highest BCUT2D eigenvalue weighted by Gasteiger charge is 2.14. The molecular formula is C19H26N2. The Balaban J connectivity index is 2.19. The second-order valence-corrected chi connectivity index (χ2v) is 5.75. The lowest BCUT2D eigenvalue weighted by molar-refractivity contribution is 0.549. The molecule has 1 unspecified atom stereocenters. The molecule has 0 aliphatic carbocycles. The van der Waals surface area contributed by atoms with Crippen LogP contribution >= 0.6 is 0 Å². The molecule has 0 aliphatic heterocycles. The van der Waals surface area contributed by atoms with E-state index in [9.17, 15) is 0 Å². The van der Waals surface area contributed by atoms with E-state index in [1.54, 1.807) is 0 Å². The van der Waals surface area contributed by atoms with E-state index in [-0.39, 0.29) is 0 Å². The van der Waals surface area contributed by atoms with Gasteiger partial charge >= 0.3 is 0 Å². The number of benzene rings is 2. The summed E-state index contributed by atoms with van der Waals surface area (Å²) in [5.74, 6) is 0. The monoisotopic (exact) mass is 282 g/mol. The maximum Gasteiger partial charge on any atom is 0.0498 e. The Morgan fingerprint density at radius 1 is 1.00 bits per heavy atom. The number of hydrogen-bond donors (Lipinski definition) is 1. The topological polar surface area (TPSA) is 15.3 Å². The minimum absolute atomic E-state index is 0.346. The van der Waals surface area contributed by atoms with Gasteiger partial charge < -0.3 is 10.2 Å². The van der Waals surface area contributed by atoms with Crippen molar-refractivity contribution in [2.75, 3.05) is 25.0 Å². The minimum Gasteiger partial charge on any atom is -0.373 e. The van der Waals surface area contributed by atoms with Gasteiger partial charge in [0.05, 0.1) is 0 Å². The lowest BCUT2D eigenvalue weighted by Crippen LogP contribution is -2.33. The number of anilines is 1. The first-order chi connectivity index (χ1) is 10.1. The SMILES string of the molecule is CCNC(CN(C)c1ccccc1)c1cc(C)cc(C)c1. The van der Waals surface area contributed by atoms with E-state index in [0.717, 1.165) is 13.1 Å². The van der Waals surface area contributed by atoms with Crippen LogP contribution in [-0.2, 0) is 0 Å². The molecular weight excluding hydrogens is 256 g/mol. The van der Waals surface area contributed by atoms with Gasteiger partial charge in [-0.25, -0.2) is 0 Å². The summed E-state index contributed by atoms with van der Waals surface area (Å²) in [5.41, 5.74) is 5.28. The van der Waals surface area contributed by atoms with Gasteiger partial charge in [-0.05, 0) is 38.1 Å². The van der Waals surface area contributed by atoms with Crippen LogP contribution in [0.5, 0.6) is 0 Å². The Morgan fingerprint density at radius 3 is 2.19 bits per heavy atom. The molecule has 0 heterocycles. The highest BCUT2D eigenvalue weighted by atomic mass is 15.1. The van der Waals surface area contributed by atoms with Crippen molar-refractivity contribution in [2.45, 2.75) is 26.8 Å². The molecule has 2 rings (SSSR count).